The van der Waals surface area contributed by atoms with E-state index in [4.69, 9.17) is 51.8 Å². The second kappa shape index (κ2) is 19.9. The summed E-state index contributed by atoms with van der Waals surface area (Å²) in [4.78, 5) is 41.3. The van der Waals surface area contributed by atoms with Crippen LogP contribution < -0.4 is 15.8 Å². The monoisotopic (exact) mass is 773 g/mol. The van der Waals surface area contributed by atoms with E-state index in [2.05, 4.69) is 15.5 Å². The van der Waals surface area contributed by atoms with Crippen LogP contribution in [0.5, 0.6) is 5.75 Å². The van der Waals surface area contributed by atoms with E-state index < -0.39 is 54.2 Å². The van der Waals surface area contributed by atoms with E-state index in [-0.39, 0.29) is 5.69 Å². The maximum absolute atomic E-state index is 14.8. The van der Waals surface area contributed by atoms with Gasteiger partial charge < -0.3 is 36.0 Å². The highest BCUT2D eigenvalue weighted by molar-refractivity contribution is 6.30. The average molecular weight is 774 g/mol. The van der Waals surface area contributed by atoms with Crippen LogP contribution in [-0.2, 0) is 19.2 Å². The van der Waals surface area contributed by atoms with Crippen LogP contribution in [0.1, 0.15) is 11.6 Å². The first-order valence-corrected chi connectivity index (χ1v) is 13.4. The highest BCUT2D eigenvalue weighted by Gasteiger charge is 2.39. The van der Waals surface area contributed by atoms with Crippen molar-refractivity contribution in [2.75, 3.05) is 32.6 Å². The predicted molar refractivity (Wildman–Crippen MR) is 156 cm³/mol. The van der Waals surface area contributed by atoms with Crippen molar-refractivity contribution >= 4 is 41.1 Å². The lowest BCUT2D eigenvalue weighted by Gasteiger charge is -2.18. The van der Waals surface area contributed by atoms with Crippen LogP contribution in [-0.4, -0.2) is 100 Å². The Morgan fingerprint density at radius 2 is 1.35 bits per heavy atom. The molecular weight excluding hydrogens is 748 g/mol. The van der Waals surface area contributed by atoms with Gasteiger partial charge in [-0.25, -0.2) is 18.8 Å². The van der Waals surface area contributed by atoms with Crippen molar-refractivity contribution in [3.8, 4) is 16.9 Å². The number of carbonyl (C=O) groups is 4. The molecule has 24 heteroatoms. The van der Waals surface area contributed by atoms with Crippen molar-refractivity contribution in [3.05, 3.63) is 65.2 Å². The van der Waals surface area contributed by atoms with Gasteiger partial charge in [-0.15, -0.1) is 0 Å². The van der Waals surface area contributed by atoms with Gasteiger partial charge in [0, 0.05) is 35.0 Å². The minimum atomic E-state index is -5.08. The largest absolute Gasteiger partial charge is 0.490 e. The predicted octanol–water partition coefficient (Wildman–Crippen LogP) is 5.35. The number of aliphatic carboxylic acids is 3. The molecule has 1 aromatic heterocycles. The maximum Gasteiger partial charge on any atom is 0.490 e. The van der Waals surface area contributed by atoms with Gasteiger partial charge in [0.05, 0.1) is 11.9 Å². The van der Waals surface area contributed by atoms with Gasteiger partial charge in [-0.3, -0.25) is 9.89 Å². The number of benzene rings is 2. The number of carbonyl (C=O) groups excluding carboxylic acids is 1. The standard InChI is InChI=1S/C21H23ClFN5O2.3C2HF3O2/c1-28(2)7-8-30-19-9-16(14-11-25-26-12-14)17(23)10-18(19)27-21(29)20(24)13-3-5-15(22)6-4-13;3*3-2(4,5)1(6)7/h3-6,9-12,20H,7-8,24H2,1-2H3,(H,25,26)(H,27,29);3*(H,6,7). The summed E-state index contributed by atoms with van der Waals surface area (Å²) in [7, 11) is 3.83. The lowest BCUT2D eigenvalue weighted by molar-refractivity contribution is -0.193. The van der Waals surface area contributed by atoms with E-state index >= 15 is 0 Å². The van der Waals surface area contributed by atoms with Crippen LogP contribution in [0.15, 0.2) is 48.8 Å². The number of nitrogens with zero attached hydrogens (tertiary/aromatic N) is 2. The summed E-state index contributed by atoms with van der Waals surface area (Å²) in [5, 5.41) is 31.1. The zero-order valence-electron chi connectivity index (χ0n) is 25.6. The normalized spacial score (nSPS) is 11.7. The molecule has 0 aliphatic rings. The SMILES string of the molecule is CN(C)CCOc1cc(-c2cn[nH]c2)c(F)cc1NC(=O)C(N)c1ccc(Cl)cc1.O=C(O)C(F)(F)F.O=C(O)C(F)(F)F.O=C(O)C(F)(F)F. The number of carboxylic acid groups (broad SMARTS) is 3. The first kappa shape index (κ1) is 45.8. The molecule has 0 saturated carbocycles. The summed E-state index contributed by atoms with van der Waals surface area (Å²) < 4.78 is 116. The van der Waals surface area contributed by atoms with Crippen LogP contribution in [0.4, 0.5) is 49.6 Å². The Balaban J connectivity index is 0.000000966. The third-order valence-corrected chi connectivity index (χ3v) is 5.42. The fraction of sp³-hybridized carbons (Fsp3) is 0.296. The molecule has 0 aliphatic carbocycles. The lowest BCUT2D eigenvalue weighted by atomic mass is 10.1. The van der Waals surface area contributed by atoms with Crippen molar-refractivity contribution in [1.82, 2.24) is 15.1 Å². The minimum absolute atomic E-state index is 0.202. The topological polar surface area (TPSA) is 208 Å². The molecule has 0 saturated heterocycles. The summed E-state index contributed by atoms with van der Waals surface area (Å²) in [6.07, 6.45) is -12.2. The smallest absolute Gasteiger partial charge is 0.490 e. The molecule has 3 rings (SSSR count). The number of nitrogens with two attached hydrogens (primary N) is 1. The molecule has 7 N–H and O–H groups in total. The number of anilines is 1. The number of amides is 1. The average Bonchev–Trinajstić information content (AvgIpc) is 3.52. The number of H-pyrrole nitrogens is 1. The van der Waals surface area contributed by atoms with Crippen LogP contribution in [0.2, 0.25) is 5.02 Å². The first-order valence-electron chi connectivity index (χ1n) is 13.0. The molecule has 0 spiro atoms. The Morgan fingerprint density at radius 1 is 0.902 bits per heavy atom. The Labute approximate surface area is 284 Å². The molecule has 1 unspecified atom stereocenters. The Morgan fingerprint density at radius 3 is 1.73 bits per heavy atom. The second-order valence-electron chi connectivity index (χ2n) is 9.39. The lowest BCUT2D eigenvalue weighted by Crippen LogP contribution is -2.28. The number of hydrogen-bond acceptors (Lipinski definition) is 8. The number of likely N-dealkylation sites (N-methyl/N-ethyl adjacent to an activating group) is 1. The quantitative estimate of drug-likeness (QED) is 0.161. The molecule has 1 atom stereocenters. The third kappa shape index (κ3) is 17.9. The molecule has 3 aromatic rings. The van der Waals surface area contributed by atoms with Crippen molar-refractivity contribution in [2.24, 2.45) is 5.73 Å². The van der Waals surface area contributed by atoms with E-state index in [0.717, 1.165) is 0 Å². The number of ether oxygens (including phenoxy) is 1. The van der Waals surface area contributed by atoms with Crippen molar-refractivity contribution in [2.45, 2.75) is 24.6 Å². The van der Waals surface area contributed by atoms with Gasteiger partial charge in [-0.05, 0) is 37.9 Å². The van der Waals surface area contributed by atoms with E-state index in [1.165, 1.54) is 12.3 Å². The van der Waals surface area contributed by atoms with Crippen molar-refractivity contribution < 1.29 is 83.1 Å². The molecule has 0 bridgehead atoms. The molecular formula is C27H26ClF10N5O8. The molecule has 284 valence electrons. The fourth-order valence-corrected chi connectivity index (χ4v) is 2.89. The van der Waals surface area contributed by atoms with Gasteiger partial charge in [-0.1, -0.05) is 23.7 Å². The van der Waals surface area contributed by atoms with E-state index in [0.29, 0.717) is 40.6 Å². The zero-order chi connectivity index (χ0) is 39.9. The van der Waals surface area contributed by atoms with E-state index in [1.807, 2.05) is 19.0 Å². The van der Waals surface area contributed by atoms with Gasteiger partial charge in [0.1, 0.15) is 24.2 Å². The van der Waals surface area contributed by atoms with Crippen LogP contribution in [0.3, 0.4) is 0 Å². The fourth-order valence-electron chi connectivity index (χ4n) is 2.76. The minimum Gasteiger partial charge on any atom is -0.490 e. The number of halogens is 11. The van der Waals surface area contributed by atoms with Gasteiger partial charge in [0.2, 0.25) is 5.91 Å². The molecule has 0 radical (unpaired) electrons. The third-order valence-electron chi connectivity index (χ3n) is 5.17. The molecule has 51 heavy (non-hydrogen) atoms. The molecule has 0 fully saturated rings. The van der Waals surface area contributed by atoms with E-state index in [1.54, 1.807) is 36.5 Å². The number of hydrogen-bond donors (Lipinski definition) is 6. The first-order chi connectivity index (χ1) is 23.2. The van der Waals surface area contributed by atoms with Crippen LogP contribution >= 0.6 is 11.6 Å². The summed E-state index contributed by atoms with van der Waals surface area (Å²) >= 11 is 5.88. The zero-order valence-corrected chi connectivity index (χ0v) is 26.4. The van der Waals surface area contributed by atoms with Gasteiger partial charge in [0.25, 0.3) is 0 Å². The second-order valence-corrected chi connectivity index (χ2v) is 9.83. The number of carboxylic acids is 3. The highest BCUT2D eigenvalue weighted by atomic mass is 35.5. The molecule has 2 aromatic carbocycles. The molecule has 1 heterocycles. The molecule has 1 amide bonds. The maximum atomic E-state index is 14.8. The van der Waals surface area contributed by atoms with E-state index in [9.17, 15) is 48.7 Å². The molecule has 13 nitrogen and oxygen atoms in total. The van der Waals surface area contributed by atoms with Crippen LogP contribution in [0, 0.1) is 5.82 Å². The Kier molecular flexibility index (Phi) is 17.9. The molecule has 0 aliphatic heterocycles. The van der Waals surface area contributed by atoms with Gasteiger partial charge >= 0.3 is 36.4 Å². The summed E-state index contributed by atoms with van der Waals surface area (Å²) in [6, 6.07) is 8.46. The summed E-state index contributed by atoms with van der Waals surface area (Å²) in [5.41, 5.74) is 7.73. The number of rotatable bonds is 8. The summed E-state index contributed by atoms with van der Waals surface area (Å²) in [6.45, 7) is 1.01. The Bertz CT molecular complexity index is 1530. The van der Waals surface area contributed by atoms with Crippen molar-refractivity contribution in [3.63, 3.8) is 0 Å². The number of alkyl halides is 9. The van der Waals surface area contributed by atoms with Gasteiger partial charge in [-0.2, -0.15) is 44.6 Å². The number of nitrogens with one attached hydrogen (secondary N) is 2. The summed E-state index contributed by atoms with van der Waals surface area (Å²) in [5.74, 6) is -8.95. The van der Waals surface area contributed by atoms with Crippen LogP contribution in [0.25, 0.3) is 11.1 Å². The highest BCUT2D eigenvalue weighted by Crippen LogP contribution is 2.34. The Hall–Kier alpha value is -5.16. The van der Waals surface area contributed by atoms with Crippen molar-refractivity contribution in [1.29, 1.82) is 0 Å². The van der Waals surface area contributed by atoms with Gasteiger partial charge in [0.15, 0.2) is 0 Å². The number of aromatic amines is 1. The number of aromatic nitrogens is 2.